The van der Waals surface area contributed by atoms with Gasteiger partial charge in [-0.15, -0.1) is 0 Å². The Balaban J connectivity index is 0.000000111. The van der Waals surface area contributed by atoms with Gasteiger partial charge in [-0.1, -0.05) is 395 Å². The smallest absolute Gasteiger partial charge is 0.146 e. The zero-order valence-corrected chi connectivity index (χ0v) is 73.6. The van der Waals surface area contributed by atoms with Gasteiger partial charge in [0.2, 0.25) is 0 Å². The van der Waals surface area contributed by atoms with Crippen LogP contribution in [0.5, 0.6) is 0 Å². The molecule has 25 rings (SSSR count). The quantitative estimate of drug-likeness (QED) is 0.120. The summed E-state index contributed by atoms with van der Waals surface area (Å²) in [6, 6.07) is 153. The highest BCUT2D eigenvalue weighted by Crippen LogP contribution is 2.59. The van der Waals surface area contributed by atoms with E-state index in [1.807, 2.05) is 0 Å². The number of rotatable bonds is 11. The van der Waals surface area contributed by atoms with Crippen molar-refractivity contribution in [3.63, 3.8) is 0 Å². The van der Waals surface area contributed by atoms with Gasteiger partial charge in [-0.2, -0.15) is 0 Å². The molecule has 0 fully saturated rings. The summed E-state index contributed by atoms with van der Waals surface area (Å²) in [4.78, 5) is 23.2. The molecule has 0 unspecified atom stereocenters. The molecule has 129 heavy (non-hydrogen) atoms. The molecule has 6 heteroatoms. The van der Waals surface area contributed by atoms with E-state index in [0.29, 0.717) is 0 Å². The van der Waals surface area contributed by atoms with Crippen LogP contribution in [0.1, 0.15) is 99.9 Å². The third-order valence-electron chi connectivity index (χ3n) is 28.2. The number of aromatic nitrogens is 3. The number of pyridine rings is 3. The summed E-state index contributed by atoms with van der Waals surface area (Å²) in [6.07, 6.45) is 0. The predicted octanol–water partition coefficient (Wildman–Crippen LogP) is 33.1. The monoisotopic (exact) mass is 1650 g/mol. The molecule has 6 nitrogen and oxygen atoms in total. The normalized spacial score (nSPS) is 13.8. The molecule has 0 bridgehead atoms. The van der Waals surface area contributed by atoms with Gasteiger partial charge in [0.15, 0.2) is 0 Å². The van der Waals surface area contributed by atoms with E-state index in [9.17, 15) is 0 Å². The Bertz CT molecular complexity index is 7860. The number of nitrogens with zero attached hydrogens (tertiary/aromatic N) is 6. The fraction of sp³-hybridized carbons (Fsp3) is 0.0976. The van der Waals surface area contributed by atoms with Crippen molar-refractivity contribution in [3.05, 3.63) is 469 Å². The number of hydrogen-bond donors (Lipinski definition) is 0. The molecule has 21 aromatic rings. The second kappa shape index (κ2) is 30.6. The molecule has 0 aliphatic heterocycles. The second-order valence-corrected chi connectivity index (χ2v) is 36.9. The van der Waals surface area contributed by atoms with Crippen LogP contribution in [0.25, 0.3) is 132 Å². The van der Waals surface area contributed by atoms with Crippen LogP contribution in [0.2, 0.25) is 0 Å². The summed E-state index contributed by atoms with van der Waals surface area (Å²) < 4.78 is 0. The Kier molecular flexibility index (Phi) is 18.5. The minimum atomic E-state index is -0.111. The lowest BCUT2D eigenvalue weighted by Gasteiger charge is -2.30. The Morgan fingerprint density at radius 1 is 0.171 bits per heavy atom. The summed E-state index contributed by atoms with van der Waals surface area (Å²) in [5.74, 6) is 2.82. The van der Waals surface area contributed by atoms with Gasteiger partial charge in [-0.3, -0.25) is 14.7 Å². The predicted molar refractivity (Wildman–Crippen MR) is 543 cm³/mol. The molecule has 0 saturated heterocycles. The van der Waals surface area contributed by atoms with Crippen LogP contribution in [0.15, 0.2) is 425 Å². The van der Waals surface area contributed by atoms with Crippen molar-refractivity contribution in [2.24, 2.45) is 0 Å². The molecule has 0 radical (unpaired) electrons. The molecular weight excluding hydrogens is 1560 g/mol. The van der Waals surface area contributed by atoms with Crippen molar-refractivity contribution < 1.29 is 0 Å². The Labute approximate surface area is 754 Å². The first kappa shape index (κ1) is 78.1. The third kappa shape index (κ3) is 12.8. The summed E-state index contributed by atoms with van der Waals surface area (Å²) in [5, 5.41) is 10.5. The first-order chi connectivity index (χ1) is 63.0. The molecule has 0 saturated carbocycles. The van der Waals surface area contributed by atoms with Gasteiger partial charge in [-0.25, -0.2) is 15.0 Å². The van der Waals surface area contributed by atoms with Gasteiger partial charge in [0.05, 0.1) is 22.2 Å². The van der Waals surface area contributed by atoms with Crippen LogP contribution in [0.3, 0.4) is 0 Å². The van der Waals surface area contributed by atoms with E-state index in [1.165, 1.54) is 138 Å². The maximum atomic E-state index is 5.47. The van der Waals surface area contributed by atoms with Gasteiger partial charge in [0, 0.05) is 88.0 Å². The molecule has 3 heterocycles. The van der Waals surface area contributed by atoms with Gasteiger partial charge in [0.1, 0.15) is 17.5 Å². The van der Waals surface area contributed by atoms with Crippen LogP contribution in [0.4, 0.5) is 51.6 Å². The second-order valence-electron chi connectivity index (χ2n) is 36.9. The highest BCUT2D eigenvalue weighted by Gasteiger charge is 2.42. The number of hydrogen-bond acceptors (Lipinski definition) is 6. The van der Waals surface area contributed by atoms with E-state index < -0.39 is 0 Å². The van der Waals surface area contributed by atoms with Crippen molar-refractivity contribution in [3.8, 4) is 66.8 Å². The molecular formula is C123H94N6. The lowest BCUT2D eigenvalue weighted by molar-refractivity contribution is 0.659. The van der Waals surface area contributed by atoms with Gasteiger partial charge in [-0.05, 0) is 207 Å². The minimum absolute atomic E-state index is 0.103. The van der Waals surface area contributed by atoms with E-state index in [0.717, 1.165) is 89.7 Å². The summed E-state index contributed by atoms with van der Waals surface area (Å²) in [6.45, 7) is 18.8. The van der Waals surface area contributed by atoms with E-state index in [-0.39, 0.29) is 21.7 Å². The largest absolute Gasteiger partial charge is 0.295 e. The van der Waals surface area contributed by atoms with Crippen molar-refractivity contribution in [1.82, 2.24) is 15.0 Å². The van der Waals surface area contributed by atoms with Crippen LogP contribution in [-0.4, -0.2) is 15.0 Å². The maximum Gasteiger partial charge on any atom is 0.146 e. The SMILES string of the molecule is CC1(C)c2ccccc2-c2ccc(N(c3ccc4c(c3)C(C)(C)c3ccccc3-4)c3nc4ccccc4c4ccccc34)cc21.CC1(C)c2ccccc2-c2ccc(N(c3cccc4c3-c3ccccc3C4(C)C)c3nc4ccccc4c4ccccc34)cc21.c1ccc(-c2ccc(N(c3ccc(-c4ccccc4)cc3)c3nc4ccccc4c4ccccc34)cc2)cc1. The van der Waals surface area contributed by atoms with Gasteiger partial charge < -0.3 is 0 Å². The standard InChI is InChI=1S/2C43H34N2.C37H26N2/c1-42(2)35-20-11-8-18-33(35)40-36(42)21-13-23-39(40)45(41-32-17-6-5-14-28(32)31-16-9-12-22-38(31)44-41)27-24-25-30-29-15-7-10-19-34(29)43(3,4)37(30)26-27;1-42(2)36-18-10-7-14-30(36)32-23-21-27(25-38(32)42)45(41-35-17-6-5-13-29(35)34-16-9-12-20-40(34)44-41)28-22-24-33-31-15-8-11-19-37(31)43(3,4)39(33)26-28;1-3-11-27(12-4-1)29-19-23-31(24-20-29)39(32-25-21-30(22-26-32)28-13-5-2-6-14-28)37-35-17-8-7-15-33(35)34-16-9-10-18-36(34)38-37/h2*5-26H,1-4H3;1-26H. The van der Waals surface area contributed by atoms with E-state index >= 15 is 0 Å². The lowest BCUT2D eigenvalue weighted by Crippen LogP contribution is -2.18. The van der Waals surface area contributed by atoms with Crippen LogP contribution in [0, 0.1) is 0 Å². The van der Waals surface area contributed by atoms with Crippen molar-refractivity contribution >= 4 is 117 Å². The minimum Gasteiger partial charge on any atom is -0.295 e. The Hall–Kier alpha value is -15.6. The van der Waals surface area contributed by atoms with Crippen LogP contribution in [-0.2, 0) is 21.7 Å². The van der Waals surface area contributed by atoms with Crippen molar-refractivity contribution in [1.29, 1.82) is 0 Å². The number of fused-ring (bicyclic) bond motifs is 21. The molecule has 0 atom stereocenters. The summed E-state index contributed by atoms with van der Waals surface area (Å²) in [5.41, 5.74) is 35.5. The van der Waals surface area contributed by atoms with E-state index in [2.05, 4.69) is 495 Å². The number of para-hydroxylation sites is 3. The number of anilines is 9. The summed E-state index contributed by atoms with van der Waals surface area (Å²) in [7, 11) is 0. The molecule has 0 amide bonds. The first-order valence-corrected chi connectivity index (χ1v) is 45.0. The fourth-order valence-corrected chi connectivity index (χ4v) is 21.6. The molecule has 0 N–H and O–H groups in total. The molecule has 4 aliphatic carbocycles. The summed E-state index contributed by atoms with van der Waals surface area (Å²) >= 11 is 0. The Morgan fingerprint density at radius 2 is 0.419 bits per heavy atom. The van der Waals surface area contributed by atoms with Gasteiger partial charge >= 0.3 is 0 Å². The van der Waals surface area contributed by atoms with Crippen molar-refractivity contribution in [2.75, 3.05) is 14.7 Å². The number of benzene rings is 18. The zero-order chi connectivity index (χ0) is 87.0. The molecule has 4 aliphatic rings. The Morgan fingerprint density at radius 3 is 0.791 bits per heavy atom. The van der Waals surface area contributed by atoms with E-state index in [4.69, 9.17) is 15.0 Å². The average Bonchev–Trinajstić information content (AvgIpc) is 1.59. The van der Waals surface area contributed by atoms with Crippen molar-refractivity contribution in [2.45, 2.75) is 77.0 Å². The zero-order valence-electron chi connectivity index (χ0n) is 73.6. The molecule has 3 aromatic heterocycles. The van der Waals surface area contributed by atoms with E-state index in [1.54, 1.807) is 0 Å². The van der Waals surface area contributed by atoms with Gasteiger partial charge in [0.25, 0.3) is 0 Å². The maximum absolute atomic E-state index is 5.47. The highest BCUT2D eigenvalue weighted by molar-refractivity contribution is 6.15. The topological polar surface area (TPSA) is 48.4 Å². The molecule has 0 spiro atoms. The van der Waals surface area contributed by atoms with Crippen LogP contribution >= 0.6 is 0 Å². The lowest BCUT2D eigenvalue weighted by atomic mass is 9.82. The fourth-order valence-electron chi connectivity index (χ4n) is 21.6. The molecule has 616 valence electrons. The highest BCUT2D eigenvalue weighted by atomic mass is 15.2. The molecule has 18 aromatic carbocycles. The van der Waals surface area contributed by atoms with Crippen LogP contribution < -0.4 is 14.7 Å². The first-order valence-electron chi connectivity index (χ1n) is 45.0. The third-order valence-corrected chi connectivity index (χ3v) is 28.2. The average molecular weight is 1660 g/mol.